The van der Waals surface area contributed by atoms with Gasteiger partial charge in [-0.05, 0) is 43.2 Å². The van der Waals surface area contributed by atoms with Gasteiger partial charge in [0.2, 0.25) is 0 Å². The van der Waals surface area contributed by atoms with E-state index in [9.17, 15) is 14.9 Å². The van der Waals surface area contributed by atoms with E-state index in [1.807, 2.05) is 0 Å². The van der Waals surface area contributed by atoms with E-state index in [0.717, 1.165) is 12.3 Å². The summed E-state index contributed by atoms with van der Waals surface area (Å²) in [6.45, 7) is 0. The van der Waals surface area contributed by atoms with Gasteiger partial charge < -0.3 is 5.32 Å². The summed E-state index contributed by atoms with van der Waals surface area (Å²) >= 11 is 0. The van der Waals surface area contributed by atoms with Crippen molar-refractivity contribution in [3.05, 3.63) is 39.9 Å². The van der Waals surface area contributed by atoms with Gasteiger partial charge in [-0.2, -0.15) is 0 Å². The van der Waals surface area contributed by atoms with Gasteiger partial charge in [0.25, 0.3) is 11.6 Å². The Morgan fingerprint density at radius 2 is 1.95 bits per heavy atom. The van der Waals surface area contributed by atoms with Crippen molar-refractivity contribution in [2.45, 2.75) is 31.7 Å². The number of fused-ring (bicyclic) bond motifs is 2. The number of carbonyl (C=O) groups excluding carboxylic acids is 1. The molecule has 100 valence electrons. The summed E-state index contributed by atoms with van der Waals surface area (Å²) in [5, 5.41) is 13.6. The Morgan fingerprint density at radius 3 is 2.47 bits per heavy atom. The lowest BCUT2D eigenvalue weighted by Gasteiger charge is -2.22. The highest BCUT2D eigenvalue weighted by molar-refractivity contribution is 5.94. The van der Waals surface area contributed by atoms with Gasteiger partial charge in [0.05, 0.1) is 4.92 Å². The Balaban J connectivity index is 1.65. The normalized spacial score (nSPS) is 28.3. The van der Waals surface area contributed by atoms with Crippen molar-refractivity contribution in [3.63, 3.8) is 0 Å². The second-order valence-corrected chi connectivity index (χ2v) is 5.56. The third-order valence-electron chi connectivity index (χ3n) is 4.39. The molecule has 2 aliphatic rings. The van der Waals surface area contributed by atoms with E-state index >= 15 is 0 Å². The van der Waals surface area contributed by atoms with Crippen molar-refractivity contribution in [3.8, 4) is 0 Å². The van der Waals surface area contributed by atoms with Crippen LogP contribution >= 0.6 is 0 Å². The maximum absolute atomic E-state index is 12.1. The molecule has 5 heteroatoms. The SMILES string of the molecule is O=C(N[C@H]1C[C@@H]2CC[C@H]1C2)c1ccc([N+](=O)[O-])cc1. The van der Waals surface area contributed by atoms with Crippen LogP contribution in [0.3, 0.4) is 0 Å². The van der Waals surface area contributed by atoms with Crippen LogP contribution < -0.4 is 5.32 Å². The maximum Gasteiger partial charge on any atom is 0.269 e. The van der Waals surface area contributed by atoms with Crippen molar-refractivity contribution in [2.24, 2.45) is 11.8 Å². The van der Waals surface area contributed by atoms with Gasteiger partial charge in [-0.1, -0.05) is 6.42 Å². The molecule has 19 heavy (non-hydrogen) atoms. The molecule has 1 N–H and O–H groups in total. The zero-order chi connectivity index (χ0) is 13.4. The Kier molecular flexibility index (Phi) is 2.97. The molecular weight excluding hydrogens is 244 g/mol. The first-order chi connectivity index (χ1) is 9.13. The third-order valence-corrected chi connectivity index (χ3v) is 4.39. The Labute approximate surface area is 111 Å². The fraction of sp³-hybridized carbons (Fsp3) is 0.500. The molecule has 1 aromatic rings. The molecule has 0 heterocycles. The van der Waals surface area contributed by atoms with Gasteiger partial charge in [-0.15, -0.1) is 0 Å². The zero-order valence-corrected chi connectivity index (χ0v) is 10.5. The Hall–Kier alpha value is -1.91. The number of hydrogen-bond donors (Lipinski definition) is 1. The second-order valence-electron chi connectivity index (χ2n) is 5.56. The first-order valence-electron chi connectivity index (χ1n) is 6.69. The molecule has 2 saturated carbocycles. The molecule has 0 spiro atoms. The Morgan fingerprint density at radius 1 is 1.21 bits per heavy atom. The molecule has 3 rings (SSSR count). The molecule has 3 atom stereocenters. The minimum absolute atomic E-state index is 0.0106. The van der Waals surface area contributed by atoms with Crippen molar-refractivity contribution in [2.75, 3.05) is 0 Å². The van der Waals surface area contributed by atoms with Crippen LogP contribution in [0.4, 0.5) is 5.69 Å². The van der Waals surface area contributed by atoms with E-state index in [2.05, 4.69) is 5.32 Å². The van der Waals surface area contributed by atoms with Crippen LogP contribution in [0.15, 0.2) is 24.3 Å². The largest absolute Gasteiger partial charge is 0.349 e. The van der Waals surface area contributed by atoms with Crippen molar-refractivity contribution in [1.82, 2.24) is 5.32 Å². The lowest BCUT2D eigenvalue weighted by atomic mass is 9.95. The van der Waals surface area contributed by atoms with Gasteiger partial charge in [-0.25, -0.2) is 0 Å². The summed E-state index contributed by atoms with van der Waals surface area (Å²) in [5.41, 5.74) is 0.504. The minimum Gasteiger partial charge on any atom is -0.349 e. The fourth-order valence-corrected chi connectivity index (χ4v) is 3.41. The molecule has 2 aliphatic carbocycles. The lowest BCUT2D eigenvalue weighted by molar-refractivity contribution is -0.384. The van der Waals surface area contributed by atoms with E-state index < -0.39 is 4.92 Å². The summed E-state index contributed by atoms with van der Waals surface area (Å²) in [5.74, 6) is 1.30. The number of nitrogens with one attached hydrogen (secondary N) is 1. The average molecular weight is 260 g/mol. The third kappa shape index (κ3) is 2.32. The predicted molar refractivity (Wildman–Crippen MR) is 69.8 cm³/mol. The molecule has 0 radical (unpaired) electrons. The fourth-order valence-electron chi connectivity index (χ4n) is 3.41. The molecule has 0 saturated heterocycles. The van der Waals surface area contributed by atoms with Crippen molar-refractivity contribution < 1.29 is 9.72 Å². The summed E-state index contributed by atoms with van der Waals surface area (Å²) in [6.07, 6.45) is 4.85. The number of carbonyl (C=O) groups is 1. The summed E-state index contributed by atoms with van der Waals surface area (Å²) in [4.78, 5) is 22.2. The smallest absolute Gasteiger partial charge is 0.269 e. The van der Waals surface area contributed by atoms with Crippen LogP contribution in [0.25, 0.3) is 0 Å². The molecule has 2 bridgehead atoms. The standard InChI is InChI=1S/C14H16N2O3/c17-14(10-3-5-12(6-4-10)16(18)19)15-13-8-9-1-2-11(13)7-9/h3-6,9,11,13H,1-2,7-8H2,(H,15,17)/t9-,11+,13+/m1/s1. The number of nitrogens with zero attached hydrogens (tertiary/aromatic N) is 1. The predicted octanol–water partition coefficient (Wildman–Crippen LogP) is 2.51. The van der Waals surface area contributed by atoms with Crippen LogP contribution in [-0.2, 0) is 0 Å². The van der Waals surface area contributed by atoms with Gasteiger partial charge in [0, 0.05) is 23.7 Å². The molecule has 0 aromatic heterocycles. The number of benzene rings is 1. The number of nitro benzene ring substituents is 1. The minimum atomic E-state index is -0.461. The van der Waals surface area contributed by atoms with Gasteiger partial charge in [0.1, 0.15) is 0 Å². The van der Waals surface area contributed by atoms with Crippen molar-refractivity contribution >= 4 is 11.6 Å². The second kappa shape index (κ2) is 4.64. The maximum atomic E-state index is 12.1. The number of nitro groups is 1. The molecule has 5 nitrogen and oxygen atoms in total. The molecule has 2 fully saturated rings. The first-order valence-corrected chi connectivity index (χ1v) is 6.69. The Bertz CT molecular complexity index is 512. The highest BCUT2D eigenvalue weighted by atomic mass is 16.6. The van der Waals surface area contributed by atoms with E-state index in [-0.39, 0.29) is 11.6 Å². The van der Waals surface area contributed by atoms with Crippen LogP contribution in [-0.4, -0.2) is 16.9 Å². The molecule has 1 aromatic carbocycles. The average Bonchev–Trinajstić information content (AvgIpc) is 3.01. The van der Waals surface area contributed by atoms with Gasteiger partial charge in [-0.3, -0.25) is 14.9 Å². The zero-order valence-electron chi connectivity index (χ0n) is 10.5. The monoisotopic (exact) mass is 260 g/mol. The molecule has 0 aliphatic heterocycles. The van der Waals surface area contributed by atoms with E-state index in [0.29, 0.717) is 17.5 Å². The van der Waals surface area contributed by atoms with Crippen LogP contribution in [0.2, 0.25) is 0 Å². The summed E-state index contributed by atoms with van der Waals surface area (Å²) in [7, 11) is 0. The van der Waals surface area contributed by atoms with Crippen molar-refractivity contribution in [1.29, 1.82) is 0 Å². The quantitative estimate of drug-likeness (QED) is 0.670. The highest BCUT2D eigenvalue weighted by Crippen LogP contribution is 2.44. The number of amides is 1. The summed E-state index contributed by atoms with van der Waals surface area (Å²) < 4.78 is 0. The van der Waals surface area contributed by atoms with E-state index in [1.165, 1.54) is 43.5 Å². The molecular formula is C14H16N2O3. The lowest BCUT2D eigenvalue weighted by Crippen LogP contribution is -2.38. The van der Waals surface area contributed by atoms with E-state index in [1.54, 1.807) is 0 Å². The van der Waals surface area contributed by atoms with E-state index in [4.69, 9.17) is 0 Å². The topological polar surface area (TPSA) is 72.2 Å². The highest BCUT2D eigenvalue weighted by Gasteiger charge is 2.40. The van der Waals surface area contributed by atoms with Gasteiger partial charge >= 0.3 is 0 Å². The number of rotatable bonds is 3. The van der Waals surface area contributed by atoms with Crippen LogP contribution in [0, 0.1) is 22.0 Å². The molecule has 1 amide bonds. The number of hydrogen-bond acceptors (Lipinski definition) is 3. The number of non-ortho nitro benzene ring substituents is 1. The van der Waals surface area contributed by atoms with Crippen LogP contribution in [0.5, 0.6) is 0 Å². The van der Waals surface area contributed by atoms with Crippen LogP contribution in [0.1, 0.15) is 36.0 Å². The first kappa shape index (κ1) is 12.1. The summed E-state index contributed by atoms with van der Waals surface area (Å²) in [6, 6.07) is 6.06. The molecule has 0 unspecified atom stereocenters. The van der Waals surface area contributed by atoms with Gasteiger partial charge in [0.15, 0.2) is 0 Å².